The fourth-order valence-corrected chi connectivity index (χ4v) is 16.6. The van der Waals surface area contributed by atoms with Crippen LogP contribution in [0.4, 0.5) is 45.5 Å². The minimum atomic E-state index is -0.898. The topological polar surface area (TPSA) is 329 Å². The van der Waals surface area contributed by atoms with Crippen molar-refractivity contribution in [3.63, 3.8) is 0 Å². The van der Waals surface area contributed by atoms with Gasteiger partial charge in [-0.25, -0.2) is 29.9 Å². The molecule has 10 aromatic heterocycles. The molecule has 11 heterocycles. The van der Waals surface area contributed by atoms with Crippen molar-refractivity contribution < 1.29 is 47.7 Å². The van der Waals surface area contributed by atoms with E-state index in [4.69, 9.17) is 69.0 Å². The first-order chi connectivity index (χ1) is 70.8. The van der Waals surface area contributed by atoms with Gasteiger partial charge in [0.1, 0.15) is 63.0 Å². The number of terminal acetylenes is 1. The van der Waals surface area contributed by atoms with Crippen molar-refractivity contribution in [3.05, 3.63) is 274 Å². The van der Waals surface area contributed by atoms with E-state index in [2.05, 4.69) is 111 Å². The van der Waals surface area contributed by atoms with Crippen LogP contribution in [0.1, 0.15) is 63.0 Å². The maximum atomic E-state index is 10.7. The van der Waals surface area contributed by atoms with Crippen LogP contribution in [0.3, 0.4) is 0 Å². The van der Waals surface area contributed by atoms with Crippen LogP contribution in [0.25, 0.3) is 89.2 Å². The minimum absolute atomic E-state index is 0. The summed E-state index contributed by atoms with van der Waals surface area (Å²) in [6.07, 6.45) is 38.5. The Morgan fingerprint density at radius 2 is 0.719 bits per heavy atom. The van der Waals surface area contributed by atoms with Gasteiger partial charge in [-0.05, 0) is 148 Å². The Balaban J connectivity index is 0.000000139. The van der Waals surface area contributed by atoms with Crippen LogP contribution < -0.4 is 57.5 Å². The predicted molar refractivity (Wildman–Crippen MR) is 567 cm³/mol. The molecule has 0 radical (unpaired) electrons. The van der Waals surface area contributed by atoms with Gasteiger partial charge in [0.15, 0.2) is 0 Å². The van der Waals surface area contributed by atoms with Gasteiger partial charge in [-0.15, -0.1) is 6.42 Å². The Morgan fingerprint density at radius 1 is 0.370 bits per heavy atom. The maximum Gasteiger partial charge on any atom is 0.131 e. The molecule has 1 N–H and O–H groups in total. The summed E-state index contributed by atoms with van der Waals surface area (Å²) >= 11 is 0. The zero-order valence-electron chi connectivity index (χ0n) is 82.5. The highest BCUT2D eigenvalue weighted by Gasteiger charge is 2.29. The van der Waals surface area contributed by atoms with Crippen LogP contribution in [0.2, 0.25) is 0 Å². The van der Waals surface area contributed by atoms with Gasteiger partial charge in [0.05, 0.1) is 211 Å². The number of hydrogen-bond acceptors (Lipinski definition) is 29. The Morgan fingerprint density at radius 3 is 1.05 bits per heavy atom. The molecule has 20 rings (SSSR count). The molecule has 2 aliphatic rings. The SMILES string of the molecule is C.C#CCN(c1cc(OC)cc(OC)c1)c1ccc2ncc(-c3cnn(CC4CCOCC4)c3)nc2c1.COc1cc(OC)cc(N(CC#CC2(O)CCCC2)c2ccc3ncc(-c4cnn(C)c4)nc3c2)c1.COc1cc(OC)cc(N(CC#Cc2ccccn2)c2ccc3ncc(-c4cnn(C)c4)nc3c2)c1.COc1cc(OC)cc(N(CC#Cc2cnc(C)cn2)c2ccc3ncc(-c4cnn(C)c4)nc3c2)c1. The summed E-state index contributed by atoms with van der Waals surface area (Å²) in [6.45, 7) is 5.98. The van der Waals surface area contributed by atoms with E-state index >= 15 is 0 Å². The molecular formula is C113H111N23O10. The quantitative estimate of drug-likeness (QED) is 0.0492. The van der Waals surface area contributed by atoms with Crippen molar-refractivity contribution in [1.82, 2.24) is 93.9 Å². The molecule has 33 nitrogen and oxygen atoms in total. The molecule has 18 aromatic rings. The molecular weight excluding hydrogens is 1840 g/mol. The first-order valence-electron chi connectivity index (χ1n) is 46.8. The largest absolute Gasteiger partial charge is 0.497 e. The van der Waals surface area contributed by atoms with Gasteiger partial charge in [0.25, 0.3) is 0 Å². The third-order valence-corrected chi connectivity index (χ3v) is 24.3. The van der Waals surface area contributed by atoms with Gasteiger partial charge < -0.3 is 67.3 Å². The fourth-order valence-electron chi connectivity index (χ4n) is 16.6. The fraction of sp³-hybridized carbons (Fsp3) is 0.248. The molecule has 33 heteroatoms. The lowest BCUT2D eigenvalue weighted by atomic mass is 10.0. The number of rotatable bonds is 26. The highest BCUT2D eigenvalue weighted by Crippen LogP contribution is 2.41. The van der Waals surface area contributed by atoms with E-state index in [9.17, 15) is 5.11 Å². The molecule has 1 saturated carbocycles. The Hall–Kier alpha value is -18.1. The standard InChI is InChI=1S/C28H25N7O2.C28H24N6O2.2C28H29N5O3.CH4/c1-19-14-30-21(16-29-19)6-5-9-35(23-10-24(36-3)13-25(11-23)37-4)22-7-8-26-27(12-22)33-28(17-31-26)20-15-32-34(2)18-20;1-33-19-20(17-31-33)28-18-30-26-10-9-22(15-27(26)32-28)34(12-6-8-21-7-4-5-11-29-21)23-13-24(35-2)16-25(14-23)36-3;1-32-19-20(17-30-32)27-18-29-25-8-7-21(15-26(25)31-27)33(12-6-11-28(34)9-4-5-10-28)22-13-23(35-2)16-24(14-22)36-3;1-4-9-33(23-12-24(34-2)15-25(13-23)35-3)22-5-6-26-27(14-22)31-28(17-29-26)21-16-30-32(19-21)18-20-7-10-36-11-8-20;/h7-8,10-18H,9H2,1-4H3;4-5,7,9-11,13-19H,12H2,1-3H3;7-8,13-19,34H,4-5,9-10,12H2,1-3H3;1,5-6,12-17,19-20H,7-11,18H2,2-3H3;1H4. The second-order valence-corrected chi connectivity index (χ2v) is 34.2. The number of aliphatic hydroxyl groups is 1. The van der Waals surface area contributed by atoms with E-state index in [0.29, 0.717) is 89.5 Å². The smallest absolute Gasteiger partial charge is 0.131 e. The molecule has 0 atom stereocenters. The van der Waals surface area contributed by atoms with Crippen molar-refractivity contribution in [1.29, 1.82) is 0 Å². The van der Waals surface area contributed by atoms with Crippen LogP contribution in [0, 0.1) is 60.7 Å². The van der Waals surface area contributed by atoms with E-state index in [1.165, 1.54) is 0 Å². The zero-order valence-corrected chi connectivity index (χ0v) is 82.5. The number of aromatic nitrogens is 19. The average molecular weight is 1950 g/mol. The number of pyridine rings is 1. The van der Waals surface area contributed by atoms with Crippen molar-refractivity contribution in [2.45, 2.75) is 65.0 Å². The van der Waals surface area contributed by atoms with Crippen LogP contribution in [0.15, 0.2) is 257 Å². The number of hydrogen-bond donors (Lipinski definition) is 1. The van der Waals surface area contributed by atoms with E-state index in [1.54, 1.807) is 133 Å². The van der Waals surface area contributed by atoms with Gasteiger partial charge in [0, 0.05) is 219 Å². The summed E-state index contributed by atoms with van der Waals surface area (Å²) in [7, 11) is 18.7. The lowest BCUT2D eigenvalue weighted by Crippen LogP contribution is -2.23. The molecule has 8 aromatic carbocycles. The summed E-state index contributed by atoms with van der Waals surface area (Å²) in [5, 5.41) is 28.0. The first kappa shape index (κ1) is 101. The van der Waals surface area contributed by atoms with Gasteiger partial charge in [0.2, 0.25) is 0 Å². The molecule has 0 amide bonds. The highest BCUT2D eigenvalue weighted by atomic mass is 16.5. The van der Waals surface area contributed by atoms with Crippen LogP contribution in [-0.4, -0.2) is 201 Å². The van der Waals surface area contributed by atoms with Crippen LogP contribution >= 0.6 is 0 Å². The lowest BCUT2D eigenvalue weighted by Gasteiger charge is -2.24. The van der Waals surface area contributed by atoms with E-state index in [0.717, 1.165) is 199 Å². The second kappa shape index (κ2) is 47.5. The Kier molecular flexibility index (Phi) is 32.8. The van der Waals surface area contributed by atoms with Gasteiger partial charge >= 0.3 is 0 Å². The number of ether oxygens (including phenoxy) is 9. The number of fused-ring (bicyclic) bond motifs is 4. The molecule has 1 aliphatic heterocycles. The molecule has 0 spiro atoms. The molecule has 1 aliphatic carbocycles. The number of anilines is 8. The van der Waals surface area contributed by atoms with Crippen LogP contribution in [0.5, 0.6) is 46.0 Å². The van der Waals surface area contributed by atoms with Crippen molar-refractivity contribution >= 4 is 89.6 Å². The molecule has 2 fully saturated rings. The zero-order chi connectivity index (χ0) is 101. The Labute approximate surface area is 847 Å². The predicted octanol–water partition coefficient (Wildman–Crippen LogP) is 18.8. The molecule has 738 valence electrons. The summed E-state index contributed by atoms with van der Waals surface area (Å²) in [4.78, 5) is 59.0. The highest BCUT2D eigenvalue weighted by molar-refractivity contribution is 5.88. The molecule has 0 bridgehead atoms. The summed E-state index contributed by atoms with van der Waals surface area (Å²) in [6, 6.07) is 52.4. The number of methoxy groups -OCH3 is 8. The van der Waals surface area contributed by atoms with Crippen molar-refractivity contribution in [3.8, 4) is 139 Å². The first-order valence-corrected chi connectivity index (χ1v) is 46.8. The Bertz CT molecular complexity index is 7770. The summed E-state index contributed by atoms with van der Waals surface area (Å²) in [5.41, 5.74) is 21.3. The summed E-state index contributed by atoms with van der Waals surface area (Å²) < 4.78 is 56.7. The molecule has 1 saturated heterocycles. The summed E-state index contributed by atoms with van der Waals surface area (Å²) in [5.74, 6) is 27.9. The van der Waals surface area contributed by atoms with Crippen molar-refractivity contribution in [2.75, 3.05) is 116 Å². The van der Waals surface area contributed by atoms with Crippen molar-refractivity contribution in [2.24, 2.45) is 27.1 Å². The number of benzene rings is 8. The van der Waals surface area contributed by atoms with Gasteiger partial charge in [-0.3, -0.25) is 43.6 Å². The maximum absolute atomic E-state index is 10.7. The third kappa shape index (κ3) is 25.3. The molecule has 0 unspecified atom stereocenters. The van der Waals surface area contributed by atoms with E-state index < -0.39 is 5.60 Å². The third-order valence-electron chi connectivity index (χ3n) is 24.3. The number of aryl methyl sites for hydroxylation is 4. The second-order valence-electron chi connectivity index (χ2n) is 34.2. The van der Waals surface area contributed by atoms with Gasteiger partial charge in [-0.1, -0.05) is 43.1 Å². The molecule has 146 heavy (non-hydrogen) atoms. The van der Waals surface area contributed by atoms with E-state index in [-0.39, 0.29) is 7.43 Å². The average Bonchev–Trinajstić information content (AvgIpc) is 1.29. The van der Waals surface area contributed by atoms with E-state index in [1.807, 2.05) is 232 Å². The lowest BCUT2D eigenvalue weighted by molar-refractivity contribution is 0.0601. The normalized spacial score (nSPS) is 12.2. The monoisotopic (exact) mass is 1950 g/mol. The van der Waals surface area contributed by atoms with Crippen LogP contribution in [-0.2, 0) is 32.4 Å². The minimum Gasteiger partial charge on any atom is -0.497 e. The number of nitrogens with zero attached hydrogens (tertiary/aromatic N) is 23. The van der Waals surface area contributed by atoms with Gasteiger partial charge in [-0.2, -0.15) is 20.4 Å².